The van der Waals surface area contributed by atoms with E-state index in [2.05, 4.69) is 15.4 Å². The molecule has 9 heteroatoms. The van der Waals surface area contributed by atoms with Crippen LogP contribution < -0.4 is 15.4 Å². The number of nitrogens with one attached hydrogen (secondary N) is 3. The molecule has 2 aromatic carbocycles. The van der Waals surface area contributed by atoms with Crippen molar-refractivity contribution in [2.75, 3.05) is 15.8 Å². The molecule has 0 saturated heterocycles. The van der Waals surface area contributed by atoms with Crippen molar-refractivity contribution in [2.24, 2.45) is 0 Å². The zero-order valence-electron chi connectivity index (χ0n) is 14.4. The van der Waals surface area contributed by atoms with Crippen LogP contribution >= 0.6 is 11.8 Å². The maximum atomic E-state index is 12.6. The molecule has 0 aliphatic carbocycles. The van der Waals surface area contributed by atoms with Crippen LogP contribution in [0.1, 0.15) is 5.56 Å². The minimum atomic E-state index is -3.80. The number of thioether (sulfide) groups is 1. The van der Waals surface area contributed by atoms with Crippen LogP contribution in [0.5, 0.6) is 0 Å². The van der Waals surface area contributed by atoms with Gasteiger partial charge >= 0.3 is 6.03 Å². The van der Waals surface area contributed by atoms with Crippen LogP contribution in [0.25, 0.3) is 0 Å². The Bertz CT molecular complexity index is 1020. The molecule has 1 heterocycles. The number of sulfonamides is 1. The fourth-order valence-corrected chi connectivity index (χ4v) is 4.11. The van der Waals surface area contributed by atoms with Crippen LogP contribution in [0.3, 0.4) is 0 Å². The largest absolute Gasteiger partial charge is 0.323 e. The topological polar surface area (TPSA) is 104 Å². The van der Waals surface area contributed by atoms with E-state index in [0.717, 1.165) is 17.3 Å². The predicted molar refractivity (Wildman–Crippen MR) is 106 cm³/mol. The second-order valence-corrected chi connectivity index (χ2v) is 8.48. The Morgan fingerprint density at radius 3 is 2.30 bits per heavy atom. The molecule has 0 spiro atoms. The molecule has 3 N–H and O–H groups in total. The van der Waals surface area contributed by atoms with Gasteiger partial charge in [-0.25, -0.2) is 13.2 Å². The summed E-state index contributed by atoms with van der Waals surface area (Å²) in [5, 5.41) is 5.06. The van der Waals surface area contributed by atoms with Crippen molar-refractivity contribution in [1.82, 2.24) is 5.32 Å². The van der Waals surface area contributed by atoms with Gasteiger partial charge in [0.1, 0.15) is 0 Å². The van der Waals surface area contributed by atoms with Crippen LogP contribution in [-0.4, -0.2) is 25.3 Å². The average molecular weight is 403 g/mol. The lowest BCUT2D eigenvalue weighted by Crippen LogP contribution is -2.29. The Morgan fingerprint density at radius 1 is 1.00 bits per heavy atom. The van der Waals surface area contributed by atoms with E-state index in [1.165, 1.54) is 18.2 Å². The lowest BCUT2D eigenvalue weighted by atomic mass is 10.2. The Kier molecular flexibility index (Phi) is 5.52. The van der Waals surface area contributed by atoms with Crippen molar-refractivity contribution in [1.29, 1.82) is 0 Å². The summed E-state index contributed by atoms with van der Waals surface area (Å²) in [6, 6.07) is 12.4. The van der Waals surface area contributed by atoms with E-state index in [4.69, 9.17) is 0 Å². The van der Waals surface area contributed by atoms with Crippen LogP contribution in [0.4, 0.5) is 16.2 Å². The first-order valence-electron chi connectivity index (χ1n) is 7.97. The molecule has 0 unspecified atom stereocenters. The molecular formula is C18H17N3O4S2. The number of amides is 2. The summed E-state index contributed by atoms with van der Waals surface area (Å²) in [7, 11) is -3.80. The van der Waals surface area contributed by atoms with Crippen molar-refractivity contribution >= 4 is 44.3 Å². The lowest BCUT2D eigenvalue weighted by Gasteiger charge is -2.14. The Labute approximate surface area is 161 Å². The van der Waals surface area contributed by atoms with Crippen molar-refractivity contribution in [3.05, 3.63) is 65.9 Å². The molecular weight excluding hydrogens is 386 g/mol. The monoisotopic (exact) mass is 403 g/mol. The van der Waals surface area contributed by atoms with Gasteiger partial charge in [-0.2, -0.15) is 0 Å². The molecule has 140 valence electrons. The highest BCUT2D eigenvalue weighted by Crippen LogP contribution is 2.25. The van der Waals surface area contributed by atoms with E-state index in [-0.39, 0.29) is 15.7 Å². The summed E-state index contributed by atoms with van der Waals surface area (Å²) in [4.78, 5) is 23.5. The normalized spacial score (nSPS) is 13.8. The maximum absolute atomic E-state index is 12.6. The highest BCUT2D eigenvalue weighted by atomic mass is 32.2. The molecule has 2 amide bonds. The van der Waals surface area contributed by atoms with Crippen molar-refractivity contribution in [3.63, 3.8) is 0 Å². The fraction of sp³-hybridized carbons (Fsp3) is 0.111. The lowest BCUT2D eigenvalue weighted by molar-refractivity contribution is -0.106. The highest BCUT2D eigenvalue weighted by Gasteiger charge is 2.18. The van der Waals surface area contributed by atoms with Gasteiger partial charge in [0.25, 0.3) is 10.0 Å². The van der Waals surface area contributed by atoms with Crippen molar-refractivity contribution < 1.29 is 18.0 Å². The molecule has 0 bridgehead atoms. The third kappa shape index (κ3) is 4.89. The number of hydrogen-bond donors (Lipinski definition) is 3. The van der Waals surface area contributed by atoms with Gasteiger partial charge < -0.3 is 10.6 Å². The van der Waals surface area contributed by atoms with Crippen LogP contribution in [0, 0.1) is 6.92 Å². The molecule has 27 heavy (non-hydrogen) atoms. The zero-order valence-corrected chi connectivity index (χ0v) is 16.0. The maximum Gasteiger partial charge on any atom is 0.323 e. The van der Waals surface area contributed by atoms with Gasteiger partial charge in [-0.05, 0) is 31.2 Å². The summed E-state index contributed by atoms with van der Waals surface area (Å²) >= 11 is 1.10. The number of para-hydroxylation sites is 2. The molecule has 0 saturated carbocycles. The number of benzene rings is 2. The Balaban J connectivity index is 1.75. The Hall–Kier alpha value is -2.78. The number of hydrogen-bond acceptors (Lipinski definition) is 5. The molecule has 0 atom stereocenters. The van der Waals surface area contributed by atoms with Gasteiger partial charge in [-0.1, -0.05) is 41.6 Å². The van der Waals surface area contributed by atoms with E-state index in [0.29, 0.717) is 17.1 Å². The minimum absolute atomic E-state index is 0.114. The third-order valence-corrected chi connectivity index (χ3v) is 5.93. The fourth-order valence-electron chi connectivity index (χ4n) is 2.35. The van der Waals surface area contributed by atoms with Gasteiger partial charge in [0.15, 0.2) is 0 Å². The highest BCUT2D eigenvalue weighted by molar-refractivity contribution is 8.14. The Morgan fingerprint density at radius 2 is 1.67 bits per heavy atom. The number of carbonyl (C=O) groups excluding carboxylic acids is 2. The summed E-state index contributed by atoms with van der Waals surface area (Å²) in [5.41, 5.74) is 1.98. The molecule has 2 aromatic rings. The van der Waals surface area contributed by atoms with Gasteiger partial charge in [0.05, 0.1) is 16.3 Å². The molecule has 0 aromatic heterocycles. The molecule has 3 rings (SSSR count). The third-order valence-electron chi connectivity index (χ3n) is 3.69. The van der Waals surface area contributed by atoms with Crippen LogP contribution in [0.2, 0.25) is 0 Å². The standard InChI is InChI=1S/C18H17N3O4S2/c1-12-6-8-14(9-7-12)27(24,25)21-16-5-3-2-4-15(16)20-18(23)19-13-10-17(22)26-11-13/h2-10,21H,11H2,1H3,(H2,19,20,23). The van der Waals surface area contributed by atoms with E-state index >= 15 is 0 Å². The van der Waals surface area contributed by atoms with Crippen molar-refractivity contribution in [2.45, 2.75) is 11.8 Å². The molecule has 0 radical (unpaired) electrons. The first-order valence-corrected chi connectivity index (χ1v) is 10.4. The molecule has 1 aliphatic rings. The minimum Gasteiger partial charge on any atom is -0.310 e. The average Bonchev–Trinajstić information content (AvgIpc) is 3.01. The summed E-state index contributed by atoms with van der Waals surface area (Å²) in [6.07, 6.45) is 1.36. The number of anilines is 2. The van der Waals surface area contributed by atoms with Gasteiger partial charge in [-0.15, -0.1) is 0 Å². The summed E-state index contributed by atoms with van der Waals surface area (Å²) in [6.45, 7) is 1.87. The number of aryl methyl sites for hydroxylation is 1. The van der Waals surface area contributed by atoms with E-state index in [9.17, 15) is 18.0 Å². The van der Waals surface area contributed by atoms with E-state index in [1.807, 2.05) is 6.92 Å². The number of urea groups is 1. The number of rotatable bonds is 5. The van der Waals surface area contributed by atoms with Crippen molar-refractivity contribution in [3.8, 4) is 0 Å². The zero-order chi connectivity index (χ0) is 19.4. The van der Waals surface area contributed by atoms with Crippen LogP contribution in [0.15, 0.2) is 65.2 Å². The summed E-state index contributed by atoms with van der Waals surface area (Å²) < 4.78 is 27.6. The first kappa shape index (κ1) is 19.0. The predicted octanol–water partition coefficient (Wildman–Crippen LogP) is 3.07. The first-order chi connectivity index (χ1) is 12.8. The van der Waals surface area contributed by atoms with Gasteiger partial charge in [0, 0.05) is 17.5 Å². The molecule has 0 fully saturated rings. The SMILES string of the molecule is Cc1ccc(S(=O)(=O)Nc2ccccc2NC(=O)NC2=CC(=O)SC2)cc1. The van der Waals surface area contributed by atoms with Crippen LogP contribution in [-0.2, 0) is 14.8 Å². The smallest absolute Gasteiger partial charge is 0.310 e. The van der Waals surface area contributed by atoms with E-state index in [1.54, 1.807) is 36.4 Å². The molecule has 7 nitrogen and oxygen atoms in total. The summed E-state index contributed by atoms with van der Waals surface area (Å²) in [5.74, 6) is 0.397. The second-order valence-electron chi connectivity index (χ2n) is 5.82. The van der Waals surface area contributed by atoms with Gasteiger partial charge in [0.2, 0.25) is 5.12 Å². The number of carbonyl (C=O) groups is 2. The quantitative estimate of drug-likeness (QED) is 0.712. The molecule has 1 aliphatic heterocycles. The van der Waals surface area contributed by atoms with E-state index < -0.39 is 16.1 Å². The van der Waals surface area contributed by atoms with Gasteiger partial charge in [-0.3, -0.25) is 9.52 Å². The second kappa shape index (κ2) is 7.85.